The van der Waals surface area contributed by atoms with Crippen molar-refractivity contribution in [1.29, 1.82) is 0 Å². The molecular formula is C26H27N5O3. The molecule has 2 aromatic carbocycles. The van der Waals surface area contributed by atoms with E-state index in [1.807, 2.05) is 68.4 Å². The van der Waals surface area contributed by atoms with Gasteiger partial charge in [-0.05, 0) is 31.0 Å². The van der Waals surface area contributed by atoms with Crippen molar-refractivity contribution < 1.29 is 4.79 Å². The van der Waals surface area contributed by atoms with Crippen molar-refractivity contribution in [2.24, 2.45) is 0 Å². The van der Waals surface area contributed by atoms with Crippen LogP contribution >= 0.6 is 0 Å². The second kappa shape index (κ2) is 9.74. The number of fused-ring (bicyclic) bond motifs is 1. The molecule has 0 bridgehead atoms. The number of carbonyl (C=O) groups excluding carboxylic acids is 1. The number of para-hydroxylation sites is 1. The first-order chi connectivity index (χ1) is 16.4. The number of pyridine rings is 1. The number of aromatic amines is 1. The summed E-state index contributed by atoms with van der Waals surface area (Å²) >= 11 is 0. The molecule has 0 saturated carbocycles. The van der Waals surface area contributed by atoms with Crippen LogP contribution in [0.4, 0.5) is 11.5 Å². The number of nitrogen functional groups attached to an aromatic ring is 1. The average molecular weight is 458 g/mol. The number of unbranched alkanes of at least 4 members (excludes halogenated alkanes) is 1. The summed E-state index contributed by atoms with van der Waals surface area (Å²) in [5.41, 5.74) is 7.72. The van der Waals surface area contributed by atoms with Crippen LogP contribution in [0.25, 0.3) is 10.9 Å². The monoisotopic (exact) mass is 457 g/mol. The van der Waals surface area contributed by atoms with Crippen molar-refractivity contribution in [1.82, 2.24) is 14.5 Å². The van der Waals surface area contributed by atoms with Gasteiger partial charge >= 0.3 is 5.69 Å². The van der Waals surface area contributed by atoms with Crippen LogP contribution in [-0.2, 0) is 6.54 Å². The molecule has 0 atom stereocenters. The minimum Gasteiger partial charge on any atom is -0.383 e. The van der Waals surface area contributed by atoms with Crippen LogP contribution in [-0.4, -0.2) is 27.0 Å². The summed E-state index contributed by atoms with van der Waals surface area (Å²) in [5.74, 6) is -0.408. The molecule has 3 N–H and O–H groups in total. The number of nitrogens with one attached hydrogen (secondary N) is 1. The second-order valence-corrected chi connectivity index (χ2v) is 8.20. The molecule has 0 aliphatic rings. The normalized spacial score (nSPS) is 11.0. The van der Waals surface area contributed by atoms with Gasteiger partial charge in [0, 0.05) is 17.6 Å². The summed E-state index contributed by atoms with van der Waals surface area (Å²) in [7, 11) is 0. The Hall–Kier alpha value is -4.20. The van der Waals surface area contributed by atoms with Crippen molar-refractivity contribution in [3.8, 4) is 0 Å². The molecule has 0 unspecified atom stereocenters. The van der Waals surface area contributed by atoms with Crippen LogP contribution in [0.3, 0.4) is 0 Å². The molecule has 174 valence electrons. The first-order valence-corrected chi connectivity index (χ1v) is 11.3. The Morgan fingerprint density at radius 1 is 1.09 bits per heavy atom. The van der Waals surface area contributed by atoms with Crippen LogP contribution in [0.1, 0.15) is 41.4 Å². The van der Waals surface area contributed by atoms with Gasteiger partial charge in [-0.3, -0.25) is 24.1 Å². The van der Waals surface area contributed by atoms with E-state index in [9.17, 15) is 14.4 Å². The van der Waals surface area contributed by atoms with Crippen molar-refractivity contribution in [3.05, 3.63) is 98.3 Å². The van der Waals surface area contributed by atoms with E-state index in [0.29, 0.717) is 28.6 Å². The van der Waals surface area contributed by atoms with Crippen molar-refractivity contribution >= 4 is 28.3 Å². The van der Waals surface area contributed by atoms with Gasteiger partial charge in [-0.2, -0.15) is 0 Å². The Labute approximate surface area is 196 Å². The molecule has 0 fully saturated rings. The van der Waals surface area contributed by atoms with E-state index in [1.54, 1.807) is 6.07 Å². The number of nitrogens with two attached hydrogens (primary N) is 1. The van der Waals surface area contributed by atoms with Crippen molar-refractivity contribution in [2.75, 3.05) is 17.2 Å². The van der Waals surface area contributed by atoms with Gasteiger partial charge in [0.25, 0.3) is 11.5 Å². The molecule has 2 aromatic heterocycles. The topological polar surface area (TPSA) is 114 Å². The fraction of sp³-hybridized carbons (Fsp3) is 0.231. The maximum atomic E-state index is 13.9. The fourth-order valence-corrected chi connectivity index (χ4v) is 4.02. The molecule has 1 amide bonds. The second-order valence-electron chi connectivity index (χ2n) is 8.20. The molecule has 8 heteroatoms. The average Bonchev–Trinajstić information content (AvgIpc) is 2.83. The Morgan fingerprint density at radius 3 is 2.53 bits per heavy atom. The highest BCUT2D eigenvalue weighted by atomic mass is 16.2. The number of amides is 1. The van der Waals surface area contributed by atoms with E-state index in [1.165, 1.54) is 9.47 Å². The standard InChI is InChI=1S/C26H27N5O3/c1-3-4-14-30(25(33)20-15-17(2)28-21-13-9-8-12-19(20)21)22-23(27)31(26(34)29-24(22)32)16-18-10-6-5-7-11-18/h5-13,15H,3-4,14,16,27H2,1-2H3,(H,29,32,34). The zero-order valence-electron chi connectivity index (χ0n) is 19.2. The minimum absolute atomic E-state index is 0.0208. The van der Waals surface area contributed by atoms with Gasteiger partial charge in [-0.25, -0.2) is 4.79 Å². The summed E-state index contributed by atoms with van der Waals surface area (Å²) < 4.78 is 1.29. The summed E-state index contributed by atoms with van der Waals surface area (Å²) in [6.07, 6.45) is 1.46. The van der Waals surface area contributed by atoms with Crippen LogP contribution in [0.15, 0.2) is 70.3 Å². The van der Waals surface area contributed by atoms with Crippen LogP contribution in [0.5, 0.6) is 0 Å². The minimum atomic E-state index is -0.689. The van der Waals surface area contributed by atoms with Crippen molar-refractivity contribution in [2.45, 2.75) is 33.2 Å². The predicted molar refractivity (Wildman–Crippen MR) is 134 cm³/mol. The first-order valence-electron chi connectivity index (χ1n) is 11.3. The molecule has 0 radical (unpaired) electrons. The van der Waals surface area contributed by atoms with Crippen LogP contribution in [0.2, 0.25) is 0 Å². The first kappa shape index (κ1) is 23.0. The van der Waals surface area contributed by atoms with Gasteiger partial charge in [0.05, 0.1) is 17.6 Å². The summed E-state index contributed by atoms with van der Waals surface area (Å²) in [6.45, 7) is 4.27. The number of anilines is 2. The SMILES string of the molecule is CCCCN(C(=O)c1cc(C)nc2ccccc12)c1c(N)n(Cc2ccccc2)c(=O)[nH]c1=O. The van der Waals surface area contributed by atoms with Gasteiger partial charge in [0.15, 0.2) is 5.69 Å². The molecule has 0 saturated heterocycles. The van der Waals surface area contributed by atoms with E-state index in [4.69, 9.17) is 5.73 Å². The van der Waals surface area contributed by atoms with E-state index in [-0.39, 0.29) is 30.5 Å². The maximum absolute atomic E-state index is 13.9. The highest BCUT2D eigenvalue weighted by Gasteiger charge is 2.26. The lowest BCUT2D eigenvalue weighted by atomic mass is 10.1. The number of aryl methyl sites for hydroxylation is 1. The third-order valence-corrected chi connectivity index (χ3v) is 5.72. The maximum Gasteiger partial charge on any atom is 0.330 e. The largest absolute Gasteiger partial charge is 0.383 e. The van der Waals surface area contributed by atoms with E-state index in [2.05, 4.69) is 9.97 Å². The summed E-state index contributed by atoms with van der Waals surface area (Å²) in [5, 5.41) is 0.687. The Morgan fingerprint density at radius 2 is 1.79 bits per heavy atom. The lowest BCUT2D eigenvalue weighted by Gasteiger charge is -2.25. The number of aromatic nitrogens is 3. The highest BCUT2D eigenvalue weighted by molar-refractivity contribution is 6.14. The van der Waals surface area contributed by atoms with E-state index < -0.39 is 11.2 Å². The molecular weight excluding hydrogens is 430 g/mol. The number of carbonyl (C=O) groups is 1. The zero-order valence-corrected chi connectivity index (χ0v) is 19.2. The smallest absolute Gasteiger partial charge is 0.330 e. The molecule has 0 aliphatic carbocycles. The lowest BCUT2D eigenvalue weighted by molar-refractivity contribution is 0.0987. The molecule has 0 aliphatic heterocycles. The molecule has 4 rings (SSSR count). The number of rotatable bonds is 7. The van der Waals surface area contributed by atoms with Crippen LogP contribution < -0.4 is 21.9 Å². The van der Waals surface area contributed by atoms with Gasteiger partial charge < -0.3 is 10.6 Å². The predicted octanol–water partition coefficient (Wildman–Crippen LogP) is 3.47. The third kappa shape index (κ3) is 4.47. The third-order valence-electron chi connectivity index (χ3n) is 5.72. The quantitative estimate of drug-likeness (QED) is 0.441. The Kier molecular flexibility index (Phi) is 6.58. The van der Waals surface area contributed by atoms with E-state index >= 15 is 0 Å². The van der Waals surface area contributed by atoms with Crippen LogP contribution in [0, 0.1) is 6.92 Å². The zero-order chi connectivity index (χ0) is 24.2. The molecule has 4 aromatic rings. The number of H-pyrrole nitrogens is 1. The molecule has 34 heavy (non-hydrogen) atoms. The number of nitrogens with zero attached hydrogens (tertiary/aromatic N) is 3. The fourth-order valence-electron chi connectivity index (χ4n) is 4.02. The molecule has 2 heterocycles. The van der Waals surface area contributed by atoms with Gasteiger partial charge in [0.2, 0.25) is 0 Å². The van der Waals surface area contributed by atoms with Gasteiger partial charge in [-0.15, -0.1) is 0 Å². The van der Waals surface area contributed by atoms with Crippen molar-refractivity contribution in [3.63, 3.8) is 0 Å². The summed E-state index contributed by atoms with van der Waals surface area (Å²) in [6, 6.07) is 18.4. The highest BCUT2D eigenvalue weighted by Crippen LogP contribution is 2.25. The summed E-state index contributed by atoms with van der Waals surface area (Å²) in [4.78, 5) is 47.7. The Bertz CT molecular complexity index is 1460. The van der Waals surface area contributed by atoms with E-state index in [0.717, 1.165) is 12.0 Å². The number of hydrogen-bond acceptors (Lipinski definition) is 5. The molecule has 8 nitrogen and oxygen atoms in total. The molecule has 0 spiro atoms. The number of hydrogen-bond donors (Lipinski definition) is 2. The number of benzene rings is 2. The Balaban J connectivity index is 1.87. The van der Waals surface area contributed by atoms with Gasteiger partial charge in [-0.1, -0.05) is 61.9 Å². The lowest BCUT2D eigenvalue weighted by Crippen LogP contribution is -2.41. The van der Waals surface area contributed by atoms with Gasteiger partial charge in [0.1, 0.15) is 5.82 Å².